The van der Waals surface area contributed by atoms with Crippen molar-refractivity contribution in [2.45, 2.75) is 0 Å². The zero-order valence-corrected chi connectivity index (χ0v) is 10.1. The molecule has 0 spiro atoms. The predicted octanol–water partition coefficient (Wildman–Crippen LogP) is 2.63. The van der Waals surface area contributed by atoms with Crippen LogP contribution in [0.2, 0.25) is 0 Å². The van der Waals surface area contributed by atoms with E-state index in [1.54, 1.807) is 18.3 Å². The lowest BCUT2D eigenvalue weighted by Gasteiger charge is -2.05. The molecule has 0 fully saturated rings. The molecule has 0 bridgehead atoms. The Hall–Kier alpha value is -1.82. The monoisotopic (exact) mass is 295 g/mol. The molecule has 2 aromatic heterocycles. The lowest BCUT2D eigenvalue weighted by atomic mass is 10.2. The molecule has 0 atom stereocenters. The minimum atomic E-state index is -0.553. The summed E-state index contributed by atoms with van der Waals surface area (Å²) in [5.41, 5.74) is 0.669. The van der Waals surface area contributed by atoms with Gasteiger partial charge in [0.05, 0.1) is 17.4 Å². The van der Waals surface area contributed by atoms with Crippen molar-refractivity contribution in [2.24, 2.45) is 0 Å². The van der Waals surface area contributed by atoms with Crippen molar-refractivity contribution < 1.29 is 9.18 Å². The minimum Gasteiger partial charge on any atom is -0.320 e. The highest BCUT2D eigenvalue weighted by Crippen LogP contribution is 2.19. The number of hydrogen-bond donors (Lipinski definition) is 1. The molecule has 0 aromatic carbocycles. The second kappa shape index (κ2) is 5.01. The Morgan fingerprint density at radius 3 is 2.94 bits per heavy atom. The number of amides is 1. The van der Waals surface area contributed by atoms with Gasteiger partial charge in [-0.25, -0.2) is 9.37 Å². The van der Waals surface area contributed by atoms with Crippen molar-refractivity contribution in [2.75, 3.05) is 5.32 Å². The SMILES string of the molecule is O=C(Nc1cccnc1Br)c1cncc(F)c1. The van der Waals surface area contributed by atoms with E-state index in [4.69, 9.17) is 0 Å². The third-order valence-electron chi connectivity index (χ3n) is 1.97. The van der Waals surface area contributed by atoms with E-state index < -0.39 is 11.7 Å². The Morgan fingerprint density at radius 2 is 2.24 bits per heavy atom. The van der Waals surface area contributed by atoms with E-state index in [9.17, 15) is 9.18 Å². The lowest BCUT2D eigenvalue weighted by molar-refractivity contribution is 0.102. The Kier molecular flexibility index (Phi) is 3.43. The fraction of sp³-hybridized carbons (Fsp3) is 0. The maximum absolute atomic E-state index is 12.9. The molecule has 0 saturated heterocycles. The molecule has 2 heterocycles. The molecule has 86 valence electrons. The fourth-order valence-corrected chi connectivity index (χ4v) is 1.56. The molecule has 4 nitrogen and oxygen atoms in total. The predicted molar refractivity (Wildman–Crippen MR) is 64.1 cm³/mol. The zero-order valence-electron chi connectivity index (χ0n) is 8.52. The minimum absolute atomic E-state index is 0.153. The normalized spacial score (nSPS) is 10.0. The molecule has 0 radical (unpaired) electrons. The second-order valence-corrected chi connectivity index (χ2v) is 3.94. The number of rotatable bonds is 2. The Morgan fingerprint density at radius 1 is 1.41 bits per heavy atom. The maximum Gasteiger partial charge on any atom is 0.257 e. The molecule has 6 heteroatoms. The number of carbonyl (C=O) groups is 1. The summed E-state index contributed by atoms with van der Waals surface area (Å²) in [6, 6.07) is 4.48. The summed E-state index contributed by atoms with van der Waals surface area (Å²) in [6.07, 6.45) is 3.92. The van der Waals surface area contributed by atoms with Crippen LogP contribution in [-0.4, -0.2) is 15.9 Å². The van der Waals surface area contributed by atoms with Crippen LogP contribution in [0.5, 0.6) is 0 Å². The fourth-order valence-electron chi connectivity index (χ4n) is 1.21. The standard InChI is InChI=1S/C11H7BrFN3O/c12-10-9(2-1-3-15-10)16-11(17)7-4-8(13)6-14-5-7/h1-6H,(H,16,17). The Balaban J connectivity index is 2.20. The highest BCUT2D eigenvalue weighted by Gasteiger charge is 2.09. The van der Waals surface area contributed by atoms with E-state index in [0.29, 0.717) is 10.3 Å². The van der Waals surface area contributed by atoms with Gasteiger partial charge in [0.25, 0.3) is 5.91 Å². The van der Waals surface area contributed by atoms with Crippen LogP contribution in [0.15, 0.2) is 41.4 Å². The van der Waals surface area contributed by atoms with Crippen molar-refractivity contribution >= 4 is 27.5 Å². The quantitative estimate of drug-likeness (QED) is 0.867. The summed E-state index contributed by atoms with van der Waals surface area (Å²) in [4.78, 5) is 19.3. The Labute approximate surface area is 105 Å². The molecule has 2 rings (SSSR count). The molecule has 0 aliphatic heterocycles. The van der Waals surface area contributed by atoms with Crippen LogP contribution in [-0.2, 0) is 0 Å². The summed E-state index contributed by atoms with van der Waals surface area (Å²) in [5, 5.41) is 2.60. The smallest absolute Gasteiger partial charge is 0.257 e. The second-order valence-electron chi connectivity index (χ2n) is 3.19. The topological polar surface area (TPSA) is 54.9 Å². The molecule has 0 saturated carbocycles. The molecular weight excluding hydrogens is 289 g/mol. The first-order valence-corrected chi connectivity index (χ1v) is 5.48. The molecule has 1 amide bonds. The number of hydrogen-bond acceptors (Lipinski definition) is 3. The van der Waals surface area contributed by atoms with Gasteiger partial charge in [0.2, 0.25) is 0 Å². The molecule has 0 aliphatic carbocycles. The molecule has 2 aromatic rings. The van der Waals surface area contributed by atoms with E-state index >= 15 is 0 Å². The van der Waals surface area contributed by atoms with Gasteiger partial charge in [0.1, 0.15) is 10.4 Å². The van der Waals surface area contributed by atoms with Crippen LogP contribution in [0.4, 0.5) is 10.1 Å². The first-order chi connectivity index (χ1) is 8.16. The number of carbonyl (C=O) groups excluding carboxylic acids is 1. The van der Waals surface area contributed by atoms with E-state index in [-0.39, 0.29) is 5.56 Å². The van der Waals surface area contributed by atoms with Gasteiger partial charge in [-0.05, 0) is 34.1 Å². The van der Waals surface area contributed by atoms with Gasteiger partial charge in [0.15, 0.2) is 0 Å². The number of nitrogens with zero attached hydrogens (tertiary/aromatic N) is 2. The van der Waals surface area contributed by atoms with Crippen LogP contribution in [0.1, 0.15) is 10.4 Å². The molecule has 17 heavy (non-hydrogen) atoms. The molecule has 0 unspecified atom stereocenters. The van der Waals surface area contributed by atoms with Gasteiger partial charge in [-0.15, -0.1) is 0 Å². The summed E-state index contributed by atoms with van der Waals surface area (Å²) < 4.78 is 13.4. The first-order valence-electron chi connectivity index (χ1n) is 4.69. The number of nitrogens with one attached hydrogen (secondary N) is 1. The number of halogens is 2. The van der Waals surface area contributed by atoms with Crippen molar-refractivity contribution in [3.63, 3.8) is 0 Å². The van der Waals surface area contributed by atoms with Crippen LogP contribution in [0, 0.1) is 5.82 Å². The van der Waals surface area contributed by atoms with E-state index in [1.165, 1.54) is 6.20 Å². The van der Waals surface area contributed by atoms with Crippen molar-refractivity contribution in [1.82, 2.24) is 9.97 Å². The molecule has 1 N–H and O–H groups in total. The van der Waals surface area contributed by atoms with Crippen LogP contribution in [0.3, 0.4) is 0 Å². The largest absolute Gasteiger partial charge is 0.320 e. The Bertz CT molecular complexity index is 562. The number of anilines is 1. The van der Waals surface area contributed by atoms with Gasteiger partial charge in [0, 0.05) is 12.4 Å². The summed E-state index contributed by atoms with van der Waals surface area (Å²) in [7, 11) is 0. The van der Waals surface area contributed by atoms with E-state index in [1.807, 2.05) is 0 Å². The van der Waals surface area contributed by atoms with E-state index in [0.717, 1.165) is 12.3 Å². The highest BCUT2D eigenvalue weighted by atomic mass is 79.9. The van der Waals surface area contributed by atoms with Gasteiger partial charge in [-0.3, -0.25) is 9.78 Å². The van der Waals surface area contributed by atoms with Crippen molar-refractivity contribution in [1.29, 1.82) is 0 Å². The van der Waals surface area contributed by atoms with Crippen LogP contribution < -0.4 is 5.32 Å². The summed E-state index contributed by atoms with van der Waals surface area (Å²) in [6.45, 7) is 0. The average Bonchev–Trinajstić information content (AvgIpc) is 2.32. The van der Waals surface area contributed by atoms with Crippen molar-refractivity contribution in [3.05, 3.63) is 52.8 Å². The van der Waals surface area contributed by atoms with Gasteiger partial charge < -0.3 is 5.32 Å². The van der Waals surface area contributed by atoms with Gasteiger partial charge >= 0.3 is 0 Å². The van der Waals surface area contributed by atoms with Crippen LogP contribution >= 0.6 is 15.9 Å². The van der Waals surface area contributed by atoms with Gasteiger partial charge in [-0.2, -0.15) is 0 Å². The van der Waals surface area contributed by atoms with E-state index in [2.05, 4.69) is 31.2 Å². The maximum atomic E-state index is 12.9. The first kappa shape index (κ1) is 11.7. The summed E-state index contributed by atoms with van der Waals surface area (Å²) >= 11 is 3.20. The number of pyridine rings is 2. The molecular formula is C11H7BrFN3O. The third-order valence-corrected chi connectivity index (χ3v) is 2.61. The average molecular weight is 296 g/mol. The highest BCUT2D eigenvalue weighted by molar-refractivity contribution is 9.10. The van der Waals surface area contributed by atoms with Gasteiger partial charge in [-0.1, -0.05) is 0 Å². The zero-order chi connectivity index (χ0) is 12.3. The summed E-state index contributed by atoms with van der Waals surface area (Å²) in [5.74, 6) is -0.992. The lowest BCUT2D eigenvalue weighted by Crippen LogP contribution is -2.13. The van der Waals surface area contributed by atoms with Crippen LogP contribution in [0.25, 0.3) is 0 Å². The van der Waals surface area contributed by atoms with Crippen molar-refractivity contribution in [3.8, 4) is 0 Å². The molecule has 0 aliphatic rings. The number of aromatic nitrogens is 2. The third kappa shape index (κ3) is 2.85.